The molecule has 4 rings (SSSR count). The molecule has 2 fully saturated rings. The van der Waals surface area contributed by atoms with E-state index in [1.165, 1.54) is 18.2 Å². The summed E-state index contributed by atoms with van der Waals surface area (Å²) in [6.45, 7) is -0.347. The number of nitrogens with one attached hydrogen (secondary N) is 1. The summed E-state index contributed by atoms with van der Waals surface area (Å²) in [4.78, 5) is 12.9. The van der Waals surface area contributed by atoms with Crippen molar-refractivity contribution in [2.24, 2.45) is 11.8 Å². The van der Waals surface area contributed by atoms with Gasteiger partial charge in [0.25, 0.3) is 5.91 Å². The van der Waals surface area contributed by atoms with E-state index in [2.05, 4.69) is 5.32 Å². The molecule has 3 unspecified atom stereocenters. The first-order valence-electron chi connectivity index (χ1n) is 10.1. The van der Waals surface area contributed by atoms with Crippen LogP contribution in [-0.2, 0) is 11.2 Å². The predicted octanol–water partition coefficient (Wildman–Crippen LogP) is 4.03. The van der Waals surface area contributed by atoms with E-state index in [0.29, 0.717) is 25.0 Å². The van der Waals surface area contributed by atoms with Gasteiger partial charge in [0, 0.05) is 41.3 Å². The smallest absolute Gasteiger partial charge is 0.255 e. The monoisotopic (exact) mass is 487 g/mol. The van der Waals surface area contributed by atoms with Crippen molar-refractivity contribution in [3.05, 3.63) is 58.4 Å². The molecule has 2 aromatic rings. The minimum absolute atomic E-state index is 0.0505. The van der Waals surface area contributed by atoms with Gasteiger partial charge in [-0.25, -0.2) is 13.2 Å². The van der Waals surface area contributed by atoms with Crippen molar-refractivity contribution in [2.75, 3.05) is 11.9 Å². The number of benzene rings is 2. The second-order valence-corrected chi connectivity index (χ2v) is 10.5. The third kappa shape index (κ3) is 4.36. The van der Waals surface area contributed by atoms with Crippen LogP contribution in [-0.4, -0.2) is 38.1 Å². The van der Waals surface area contributed by atoms with Crippen molar-refractivity contribution >= 4 is 34.4 Å². The number of hydrogen-bond donors (Lipinski definition) is 3. The molecule has 2 aromatic carbocycles. The summed E-state index contributed by atoms with van der Waals surface area (Å²) < 4.78 is 53.4. The first-order chi connectivity index (χ1) is 15.1. The van der Waals surface area contributed by atoms with Crippen LogP contribution < -0.4 is 5.32 Å². The van der Waals surface area contributed by atoms with Crippen LogP contribution in [0.15, 0.2) is 35.2 Å². The molecular formula is C22H21ClF3NO4S. The topological polar surface area (TPSA) is 92.6 Å². The van der Waals surface area contributed by atoms with Gasteiger partial charge in [0.15, 0.2) is 22.3 Å². The average Bonchev–Trinajstić information content (AvgIpc) is 3.03. The number of amides is 1. The number of carbonyl (C=O) groups excluding carboxylic acids is 1. The standard InChI is InChI=1S/C22H21ClF3NO4S/c23-15-4-3-11(21(29)27-14-6-16(24)19(26)17(25)7-14)5-18(15)32(31)20-12-1-2-13(20)9-22(30,8-12)10-28/h3-7,12-13,20,28,30H,1-2,8-10H2,(H,27,29)/t12-,13?,20?,22+,32?/m0/s1. The van der Waals surface area contributed by atoms with E-state index >= 15 is 0 Å². The molecule has 3 N–H and O–H groups in total. The van der Waals surface area contributed by atoms with Crippen LogP contribution >= 0.6 is 11.6 Å². The quantitative estimate of drug-likeness (QED) is 0.438. The zero-order valence-corrected chi connectivity index (χ0v) is 18.4. The summed E-state index contributed by atoms with van der Waals surface area (Å²) in [5.41, 5.74) is -1.37. The molecular weight excluding hydrogens is 467 g/mol. The Balaban J connectivity index is 1.56. The van der Waals surface area contributed by atoms with Gasteiger partial charge in [0.1, 0.15) is 5.25 Å². The maximum absolute atomic E-state index is 13.5. The fourth-order valence-electron chi connectivity index (χ4n) is 4.89. The highest BCUT2D eigenvalue weighted by Gasteiger charge is 2.54. The third-order valence-corrected chi connectivity index (χ3v) is 8.79. The van der Waals surface area contributed by atoms with Gasteiger partial charge >= 0.3 is 0 Å². The van der Waals surface area contributed by atoms with Gasteiger partial charge in [-0.1, -0.05) is 11.6 Å². The Labute approximate surface area is 190 Å². The van der Waals surface area contributed by atoms with Gasteiger partial charge in [-0.3, -0.25) is 4.79 Å². The normalized spacial score (nSPS) is 27.9. The lowest BCUT2D eigenvalue weighted by atomic mass is 9.77. The molecule has 0 aromatic heterocycles. The van der Waals surface area contributed by atoms with E-state index in [1.54, 1.807) is 0 Å². The predicted molar refractivity (Wildman–Crippen MR) is 113 cm³/mol. The summed E-state index contributed by atoms with van der Waals surface area (Å²) in [7, 11) is 0. The van der Waals surface area contributed by atoms with Gasteiger partial charge in [-0.05, 0) is 49.0 Å². The first-order valence-corrected chi connectivity index (χ1v) is 11.7. The lowest BCUT2D eigenvalue weighted by Gasteiger charge is -2.40. The van der Waals surface area contributed by atoms with Crippen LogP contribution in [0.3, 0.4) is 0 Å². The molecule has 172 valence electrons. The number of aliphatic hydroxyl groups excluding tert-OH is 1. The second-order valence-electron chi connectivity index (χ2n) is 8.50. The Morgan fingerprint density at radius 1 is 1.16 bits per heavy atom. The van der Waals surface area contributed by atoms with E-state index < -0.39 is 40.1 Å². The van der Waals surface area contributed by atoms with Crippen LogP contribution in [0.1, 0.15) is 36.0 Å². The number of fused-ring (bicyclic) bond motifs is 2. The van der Waals surface area contributed by atoms with Crippen LogP contribution in [0.5, 0.6) is 0 Å². The van der Waals surface area contributed by atoms with E-state index in [1.807, 2.05) is 0 Å². The Hall–Kier alpha value is -1.78. The molecule has 1 amide bonds. The molecule has 2 aliphatic rings. The lowest BCUT2D eigenvalue weighted by molar-refractivity contribution is -0.0597. The summed E-state index contributed by atoms with van der Waals surface area (Å²) in [5, 5.41) is 22.2. The molecule has 2 bridgehead atoms. The fraction of sp³-hybridized carbons (Fsp3) is 0.409. The first kappa shape index (κ1) is 23.4. The molecule has 5 atom stereocenters. The van der Waals surface area contributed by atoms with Crippen molar-refractivity contribution in [2.45, 2.75) is 41.4 Å². The molecule has 2 saturated carbocycles. The number of aliphatic hydroxyl groups is 2. The average molecular weight is 488 g/mol. The Bertz CT molecular complexity index is 1020. The fourth-order valence-corrected chi connectivity index (χ4v) is 7.20. The minimum atomic E-state index is -1.64. The molecule has 0 spiro atoms. The van der Waals surface area contributed by atoms with Gasteiger partial charge in [0.2, 0.25) is 0 Å². The van der Waals surface area contributed by atoms with Crippen molar-refractivity contribution in [3.8, 4) is 0 Å². The molecule has 32 heavy (non-hydrogen) atoms. The number of anilines is 1. The molecule has 0 saturated heterocycles. The second kappa shape index (κ2) is 8.87. The van der Waals surface area contributed by atoms with Crippen molar-refractivity contribution in [1.29, 1.82) is 0 Å². The Morgan fingerprint density at radius 2 is 1.75 bits per heavy atom. The Morgan fingerprint density at radius 3 is 2.31 bits per heavy atom. The van der Waals surface area contributed by atoms with E-state index in [9.17, 15) is 32.7 Å². The van der Waals surface area contributed by atoms with E-state index in [4.69, 9.17) is 11.6 Å². The third-order valence-electron chi connectivity index (χ3n) is 6.32. The van der Waals surface area contributed by atoms with E-state index in [0.717, 1.165) is 12.8 Å². The van der Waals surface area contributed by atoms with Crippen molar-refractivity contribution < 1.29 is 32.7 Å². The maximum Gasteiger partial charge on any atom is 0.255 e. The summed E-state index contributed by atoms with van der Waals surface area (Å²) in [6, 6.07) is 5.50. The zero-order valence-electron chi connectivity index (χ0n) is 16.8. The largest absolute Gasteiger partial charge is 0.611 e. The molecule has 10 heteroatoms. The van der Waals surface area contributed by atoms with E-state index in [-0.39, 0.29) is 44.9 Å². The minimum Gasteiger partial charge on any atom is -0.611 e. The zero-order chi connectivity index (χ0) is 23.2. The molecule has 5 nitrogen and oxygen atoms in total. The maximum atomic E-state index is 13.5. The highest BCUT2D eigenvalue weighted by molar-refractivity contribution is 7.92. The van der Waals surface area contributed by atoms with Crippen LogP contribution in [0.4, 0.5) is 18.9 Å². The van der Waals surface area contributed by atoms with Gasteiger partial charge < -0.3 is 20.1 Å². The summed E-state index contributed by atoms with van der Waals surface area (Å²) >= 11 is 4.71. The molecule has 0 radical (unpaired) electrons. The highest BCUT2D eigenvalue weighted by atomic mass is 35.5. The van der Waals surface area contributed by atoms with Gasteiger partial charge in [0.05, 0.1) is 17.2 Å². The number of rotatable bonds is 5. The van der Waals surface area contributed by atoms with Crippen molar-refractivity contribution in [1.82, 2.24) is 0 Å². The summed E-state index contributed by atoms with van der Waals surface area (Å²) in [5.74, 6) is -5.34. The van der Waals surface area contributed by atoms with Crippen LogP contribution in [0.25, 0.3) is 0 Å². The van der Waals surface area contributed by atoms with Gasteiger partial charge in [-0.15, -0.1) is 0 Å². The van der Waals surface area contributed by atoms with Gasteiger partial charge in [-0.2, -0.15) is 0 Å². The molecule has 0 aliphatic heterocycles. The lowest BCUT2D eigenvalue weighted by Crippen LogP contribution is -2.48. The van der Waals surface area contributed by atoms with Crippen molar-refractivity contribution in [3.63, 3.8) is 0 Å². The number of hydrogen-bond acceptors (Lipinski definition) is 4. The molecule has 0 heterocycles. The number of halogens is 4. The Kier molecular flexibility index (Phi) is 6.48. The number of carbonyl (C=O) groups is 1. The van der Waals surface area contributed by atoms with Crippen LogP contribution in [0, 0.1) is 29.3 Å². The summed E-state index contributed by atoms with van der Waals surface area (Å²) in [6.07, 6.45) is 2.25. The van der Waals surface area contributed by atoms with Crippen LogP contribution in [0.2, 0.25) is 5.02 Å². The SMILES string of the molecule is O=C(Nc1cc(F)c(F)c(F)c1)c1ccc(Cl)c([S+]([O-])C2C3CC[C@H]2C[C@](O)(CO)C3)c1. The molecule has 2 aliphatic carbocycles. The highest BCUT2D eigenvalue weighted by Crippen LogP contribution is 2.51.